The van der Waals surface area contributed by atoms with Crippen LogP contribution in [0, 0.1) is 0 Å². The number of carbonyl (C=O) groups is 2. The Balaban J connectivity index is 1.52. The van der Waals surface area contributed by atoms with Gasteiger partial charge in [0.25, 0.3) is 0 Å². The first kappa shape index (κ1) is 32.5. The lowest BCUT2D eigenvalue weighted by molar-refractivity contribution is 0.0556. The van der Waals surface area contributed by atoms with E-state index in [1.807, 2.05) is 36.4 Å². The summed E-state index contributed by atoms with van der Waals surface area (Å²) in [5.41, 5.74) is 12.2. The Labute approximate surface area is 295 Å². The summed E-state index contributed by atoms with van der Waals surface area (Å²) >= 11 is 0. The van der Waals surface area contributed by atoms with Crippen LogP contribution < -0.4 is 0 Å². The number of rotatable bonds is 6. The summed E-state index contributed by atoms with van der Waals surface area (Å²) in [5, 5.41) is 2.84. The van der Waals surface area contributed by atoms with Crippen molar-refractivity contribution in [2.45, 2.75) is 88.9 Å². The molecule has 5 aromatic carbocycles. The molecule has 0 amide bonds. The van der Waals surface area contributed by atoms with Crippen molar-refractivity contribution in [2.75, 3.05) is 14.2 Å². The highest BCUT2D eigenvalue weighted by molar-refractivity contribution is 6.13. The zero-order chi connectivity index (χ0) is 34.2. The van der Waals surface area contributed by atoms with Crippen LogP contribution in [0.4, 0.5) is 0 Å². The second kappa shape index (κ2) is 13.9. The third-order valence-electron chi connectivity index (χ3n) is 11.9. The summed E-state index contributed by atoms with van der Waals surface area (Å²) in [6.07, 6.45) is 13.9. The highest BCUT2D eigenvalue weighted by Crippen LogP contribution is 2.52. The Hall–Kier alpha value is -4.70. The molecule has 0 bridgehead atoms. The average molecular weight is 663 g/mol. The maximum absolute atomic E-state index is 14.1. The Bertz CT molecular complexity index is 1920. The number of methoxy groups -OCH3 is 2. The van der Waals surface area contributed by atoms with Gasteiger partial charge in [0.15, 0.2) is 0 Å². The van der Waals surface area contributed by atoms with E-state index in [0.717, 1.165) is 33.4 Å². The van der Waals surface area contributed by atoms with Crippen molar-refractivity contribution in [3.8, 4) is 22.3 Å². The second-order valence-electron chi connectivity index (χ2n) is 14.5. The van der Waals surface area contributed by atoms with E-state index in [2.05, 4.69) is 48.5 Å². The molecule has 0 heterocycles. The van der Waals surface area contributed by atoms with Gasteiger partial charge in [0.1, 0.15) is 0 Å². The van der Waals surface area contributed by atoms with Crippen LogP contribution in [0.5, 0.6) is 0 Å². The molecular formula is C46H46O4. The molecule has 0 radical (unpaired) electrons. The third-order valence-corrected chi connectivity index (χ3v) is 11.9. The molecule has 3 aliphatic rings. The van der Waals surface area contributed by atoms with Gasteiger partial charge >= 0.3 is 11.9 Å². The van der Waals surface area contributed by atoms with E-state index in [4.69, 9.17) is 9.47 Å². The predicted octanol–water partition coefficient (Wildman–Crippen LogP) is 11.3. The number of fused-ring (bicyclic) bond motifs is 3. The van der Waals surface area contributed by atoms with Crippen molar-refractivity contribution in [2.24, 2.45) is 0 Å². The van der Waals surface area contributed by atoms with Gasteiger partial charge in [0.05, 0.1) is 25.3 Å². The van der Waals surface area contributed by atoms with E-state index < -0.39 is 11.9 Å². The summed E-state index contributed by atoms with van der Waals surface area (Å²) in [6.45, 7) is 0. The summed E-state index contributed by atoms with van der Waals surface area (Å²) in [5.74, 6) is -0.0343. The molecule has 3 aliphatic carbocycles. The van der Waals surface area contributed by atoms with Crippen molar-refractivity contribution in [1.29, 1.82) is 0 Å². The van der Waals surface area contributed by atoms with E-state index >= 15 is 0 Å². The highest BCUT2D eigenvalue weighted by Gasteiger charge is 2.38. The van der Waals surface area contributed by atoms with Gasteiger partial charge < -0.3 is 9.47 Å². The number of ether oxygens (including phenoxy) is 2. The number of carbonyl (C=O) groups excluding carboxylic acids is 2. The molecule has 4 heteroatoms. The van der Waals surface area contributed by atoms with E-state index in [1.165, 1.54) is 111 Å². The molecule has 2 saturated carbocycles. The van der Waals surface area contributed by atoms with Gasteiger partial charge in [-0.1, -0.05) is 123 Å². The summed E-state index contributed by atoms with van der Waals surface area (Å²) in [4.78, 5) is 28.2. The number of hydrogen-bond donors (Lipinski definition) is 0. The first-order chi connectivity index (χ1) is 24.6. The topological polar surface area (TPSA) is 52.6 Å². The fraction of sp³-hybridized carbons (Fsp3) is 0.348. The van der Waals surface area contributed by atoms with Gasteiger partial charge in [-0.15, -0.1) is 0 Å². The van der Waals surface area contributed by atoms with Gasteiger partial charge in [-0.05, 0) is 106 Å². The quantitative estimate of drug-likeness (QED) is 0.167. The van der Waals surface area contributed by atoms with Crippen molar-refractivity contribution in [1.82, 2.24) is 0 Å². The van der Waals surface area contributed by atoms with Crippen LogP contribution >= 0.6 is 0 Å². The molecular weight excluding hydrogens is 617 g/mol. The van der Waals surface area contributed by atoms with Crippen molar-refractivity contribution < 1.29 is 19.1 Å². The van der Waals surface area contributed by atoms with Crippen LogP contribution in [0.1, 0.15) is 130 Å². The van der Waals surface area contributed by atoms with Gasteiger partial charge in [-0.3, -0.25) is 0 Å². The lowest BCUT2D eigenvalue weighted by atomic mass is 9.67. The first-order valence-corrected chi connectivity index (χ1v) is 18.7. The van der Waals surface area contributed by atoms with Gasteiger partial charge in [0, 0.05) is 11.1 Å². The van der Waals surface area contributed by atoms with E-state index in [0.29, 0.717) is 35.8 Å². The Kier molecular flexibility index (Phi) is 9.04. The van der Waals surface area contributed by atoms with Gasteiger partial charge in [-0.2, -0.15) is 0 Å². The van der Waals surface area contributed by atoms with Crippen LogP contribution in [0.2, 0.25) is 0 Å². The van der Waals surface area contributed by atoms with Crippen LogP contribution in [0.25, 0.3) is 33.0 Å². The molecule has 0 saturated heterocycles. The molecule has 0 aromatic heterocycles. The van der Waals surface area contributed by atoms with E-state index in [9.17, 15) is 9.59 Å². The minimum Gasteiger partial charge on any atom is -0.465 e. The molecule has 0 aliphatic heterocycles. The predicted molar refractivity (Wildman–Crippen MR) is 201 cm³/mol. The lowest BCUT2D eigenvalue weighted by Gasteiger charge is -2.37. The minimum atomic E-state index is -0.524. The van der Waals surface area contributed by atoms with Crippen LogP contribution in [0.3, 0.4) is 0 Å². The largest absolute Gasteiger partial charge is 0.465 e. The SMILES string of the molecule is COC(=O)c1c(C(=O)OC)c(-c2ccccc2)c2c(c1-c1ccccc1)Cc1c(c(C3CCCCC3)c3ccccc3c1C1CCCCC1)C2. The summed E-state index contributed by atoms with van der Waals surface area (Å²) in [6, 6.07) is 29.4. The lowest BCUT2D eigenvalue weighted by Crippen LogP contribution is -2.24. The van der Waals surface area contributed by atoms with Crippen molar-refractivity contribution >= 4 is 22.7 Å². The van der Waals surface area contributed by atoms with Gasteiger partial charge in [0.2, 0.25) is 0 Å². The van der Waals surface area contributed by atoms with Crippen LogP contribution in [0.15, 0.2) is 84.9 Å². The van der Waals surface area contributed by atoms with Crippen molar-refractivity contribution in [3.63, 3.8) is 0 Å². The van der Waals surface area contributed by atoms with Gasteiger partial charge in [-0.25, -0.2) is 9.59 Å². The molecule has 8 rings (SSSR count). The summed E-state index contributed by atoms with van der Waals surface area (Å²) < 4.78 is 11.0. The fourth-order valence-corrected chi connectivity index (χ4v) is 9.78. The molecule has 2 fully saturated rings. The molecule has 0 N–H and O–H groups in total. The average Bonchev–Trinajstić information content (AvgIpc) is 3.19. The smallest absolute Gasteiger partial charge is 0.339 e. The first-order valence-electron chi connectivity index (χ1n) is 18.7. The van der Waals surface area contributed by atoms with E-state index in [1.54, 1.807) is 0 Å². The Morgan fingerprint density at radius 2 is 0.840 bits per heavy atom. The zero-order valence-corrected chi connectivity index (χ0v) is 29.4. The standard InChI is InChI=1S/C46H46O4/c1-49-45(47)43-41(31-21-11-5-12-22-31)37-27-35-36(28-38(37)42(44(43)46(48)50-2)32-23-13-6-14-24-32)40(30-19-9-4-10-20-30)34-26-16-15-25-33(34)39(35)29-17-7-3-8-18-29/h5-6,11-16,21-26,29-30H,3-4,7-10,17-20,27-28H2,1-2H3. The van der Waals surface area contributed by atoms with Crippen LogP contribution in [-0.4, -0.2) is 26.2 Å². The number of esters is 2. The number of hydrogen-bond acceptors (Lipinski definition) is 4. The molecule has 0 unspecified atom stereocenters. The maximum Gasteiger partial charge on any atom is 0.339 e. The fourth-order valence-electron chi connectivity index (χ4n) is 9.78. The Morgan fingerprint density at radius 1 is 0.480 bits per heavy atom. The normalized spacial score (nSPS) is 16.4. The van der Waals surface area contributed by atoms with Crippen LogP contribution in [-0.2, 0) is 22.3 Å². The highest BCUT2D eigenvalue weighted by atomic mass is 16.5. The molecule has 4 nitrogen and oxygen atoms in total. The van der Waals surface area contributed by atoms with Crippen molar-refractivity contribution in [3.05, 3.63) is 129 Å². The maximum atomic E-state index is 14.1. The van der Waals surface area contributed by atoms with E-state index in [-0.39, 0.29) is 0 Å². The number of benzene rings is 5. The molecule has 50 heavy (non-hydrogen) atoms. The third kappa shape index (κ3) is 5.54. The molecule has 5 aromatic rings. The summed E-state index contributed by atoms with van der Waals surface area (Å²) in [7, 11) is 2.80. The molecule has 0 atom stereocenters. The zero-order valence-electron chi connectivity index (χ0n) is 29.4. The second-order valence-corrected chi connectivity index (χ2v) is 14.5. The molecule has 254 valence electrons. The minimum absolute atomic E-state index is 0.291. The Morgan fingerprint density at radius 3 is 1.20 bits per heavy atom. The molecule has 0 spiro atoms. The monoisotopic (exact) mass is 662 g/mol.